The average Bonchev–Trinajstić information content (AvgIpc) is 3.05. The molecule has 1 aliphatic rings. The molecule has 1 saturated carbocycles. The maximum absolute atomic E-state index is 5.59. The van der Waals surface area contributed by atoms with Crippen LogP contribution in [0.25, 0.3) is 0 Å². The Labute approximate surface area is 103 Å². The van der Waals surface area contributed by atoms with Crippen molar-refractivity contribution in [1.82, 2.24) is 10.3 Å². The molecule has 0 radical (unpaired) electrons. The van der Waals surface area contributed by atoms with Gasteiger partial charge in [0.25, 0.3) is 0 Å². The molecular formula is C13H22N2O2. The van der Waals surface area contributed by atoms with Gasteiger partial charge in [-0.2, -0.15) is 0 Å². The molecule has 0 atom stereocenters. The molecule has 17 heavy (non-hydrogen) atoms. The maximum atomic E-state index is 5.59. The molecule has 1 fully saturated rings. The molecule has 0 aromatic carbocycles. The van der Waals surface area contributed by atoms with E-state index in [0.717, 1.165) is 50.1 Å². The van der Waals surface area contributed by atoms with E-state index in [0.29, 0.717) is 6.61 Å². The Morgan fingerprint density at radius 1 is 1.53 bits per heavy atom. The van der Waals surface area contributed by atoms with Gasteiger partial charge in [-0.05, 0) is 32.2 Å². The first kappa shape index (κ1) is 12.6. The molecule has 2 rings (SSSR count). The van der Waals surface area contributed by atoms with E-state index in [-0.39, 0.29) is 0 Å². The lowest BCUT2D eigenvalue weighted by atomic mass is 10.3. The number of aryl methyl sites for hydroxylation is 1. The minimum absolute atomic E-state index is 0.543. The zero-order chi connectivity index (χ0) is 11.9. The molecule has 0 aliphatic heterocycles. The fourth-order valence-electron chi connectivity index (χ4n) is 1.68. The van der Waals surface area contributed by atoms with E-state index in [2.05, 4.69) is 17.2 Å². The predicted molar refractivity (Wildman–Crippen MR) is 65.8 cm³/mol. The summed E-state index contributed by atoms with van der Waals surface area (Å²) in [5.41, 5.74) is 0. The van der Waals surface area contributed by atoms with Gasteiger partial charge in [0.1, 0.15) is 12.4 Å². The number of oxazole rings is 1. The number of nitrogens with zero attached hydrogens (tertiary/aromatic N) is 1. The van der Waals surface area contributed by atoms with Crippen molar-refractivity contribution < 1.29 is 9.15 Å². The smallest absolute Gasteiger partial charge is 0.194 e. The summed E-state index contributed by atoms with van der Waals surface area (Å²) in [6.45, 7) is 4.48. The molecule has 96 valence electrons. The number of hydrogen-bond donors (Lipinski definition) is 1. The molecule has 4 heteroatoms. The van der Waals surface area contributed by atoms with E-state index in [4.69, 9.17) is 9.15 Å². The third kappa shape index (κ3) is 4.88. The van der Waals surface area contributed by atoms with E-state index in [1.54, 1.807) is 6.20 Å². The number of ether oxygens (including phenoxy) is 1. The van der Waals surface area contributed by atoms with Crippen molar-refractivity contribution in [3.8, 4) is 0 Å². The Bertz CT molecular complexity index is 321. The Morgan fingerprint density at radius 3 is 3.18 bits per heavy atom. The van der Waals surface area contributed by atoms with Crippen LogP contribution < -0.4 is 5.32 Å². The van der Waals surface area contributed by atoms with Crippen molar-refractivity contribution in [1.29, 1.82) is 0 Å². The van der Waals surface area contributed by atoms with E-state index < -0.39 is 0 Å². The zero-order valence-electron chi connectivity index (χ0n) is 10.6. The van der Waals surface area contributed by atoms with Gasteiger partial charge in [0.05, 0.1) is 6.20 Å². The van der Waals surface area contributed by atoms with Crippen molar-refractivity contribution in [2.75, 3.05) is 13.2 Å². The van der Waals surface area contributed by atoms with E-state index >= 15 is 0 Å². The van der Waals surface area contributed by atoms with Crippen LogP contribution in [0.2, 0.25) is 0 Å². The summed E-state index contributed by atoms with van der Waals surface area (Å²) in [6, 6.07) is 0.789. The second kappa shape index (κ2) is 6.77. The normalized spacial score (nSPS) is 15.4. The van der Waals surface area contributed by atoms with Crippen LogP contribution in [0.15, 0.2) is 10.6 Å². The van der Waals surface area contributed by atoms with Crippen LogP contribution in [-0.4, -0.2) is 24.2 Å². The molecule has 0 unspecified atom stereocenters. The SMILES string of the molecule is CCCOCc1cnc(CCCNC2CC2)o1. The first-order valence-electron chi connectivity index (χ1n) is 6.63. The molecule has 0 amide bonds. The predicted octanol–water partition coefficient (Wildman–Crippen LogP) is 2.29. The summed E-state index contributed by atoms with van der Waals surface area (Å²) in [4.78, 5) is 4.25. The van der Waals surface area contributed by atoms with Crippen LogP contribution >= 0.6 is 0 Å². The first-order valence-corrected chi connectivity index (χ1v) is 6.63. The van der Waals surface area contributed by atoms with E-state index in [1.807, 2.05) is 0 Å². The highest BCUT2D eigenvalue weighted by atomic mass is 16.5. The lowest BCUT2D eigenvalue weighted by Gasteiger charge is -2.00. The topological polar surface area (TPSA) is 47.3 Å². The summed E-state index contributed by atoms with van der Waals surface area (Å²) in [5, 5.41) is 3.48. The van der Waals surface area contributed by atoms with E-state index in [1.165, 1.54) is 12.8 Å². The third-order valence-electron chi connectivity index (χ3n) is 2.77. The summed E-state index contributed by atoms with van der Waals surface area (Å²) in [7, 11) is 0. The Balaban J connectivity index is 1.59. The second-order valence-electron chi connectivity index (χ2n) is 4.60. The number of hydrogen-bond acceptors (Lipinski definition) is 4. The number of rotatable bonds is 9. The van der Waals surface area contributed by atoms with Crippen LogP contribution in [0.4, 0.5) is 0 Å². The molecule has 1 aromatic heterocycles. The Morgan fingerprint density at radius 2 is 2.41 bits per heavy atom. The van der Waals surface area contributed by atoms with Gasteiger partial charge >= 0.3 is 0 Å². The van der Waals surface area contributed by atoms with Crippen LogP contribution in [0.1, 0.15) is 44.3 Å². The van der Waals surface area contributed by atoms with Crippen LogP contribution in [0, 0.1) is 0 Å². The van der Waals surface area contributed by atoms with Crippen molar-refractivity contribution in [3.05, 3.63) is 17.8 Å². The third-order valence-corrected chi connectivity index (χ3v) is 2.77. The van der Waals surface area contributed by atoms with Crippen LogP contribution in [0.3, 0.4) is 0 Å². The quantitative estimate of drug-likeness (QED) is 0.670. The second-order valence-corrected chi connectivity index (χ2v) is 4.60. The lowest BCUT2D eigenvalue weighted by molar-refractivity contribution is 0.106. The van der Waals surface area contributed by atoms with Gasteiger partial charge in [-0.3, -0.25) is 0 Å². The Hall–Kier alpha value is -0.870. The molecule has 0 spiro atoms. The zero-order valence-corrected chi connectivity index (χ0v) is 10.6. The van der Waals surface area contributed by atoms with Gasteiger partial charge in [0.15, 0.2) is 5.89 Å². The largest absolute Gasteiger partial charge is 0.443 e. The highest BCUT2D eigenvalue weighted by Gasteiger charge is 2.19. The van der Waals surface area contributed by atoms with E-state index in [9.17, 15) is 0 Å². The molecule has 1 aliphatic carbocycles. The van der Waals surface area contributed by atoms with Gasteiger partial charge in [0.2, 0.25) is 0 Å². The highest BCUT2D eigenvalue weighted by Crippen LogP contribution is 2.18. The number of nitrogens with one attached hydrogen (secondary N) is 1. The maximum Gasteiger partial charge on any atom is 0.194 e. The standard InChI is InChI=1S/C13H22N2O2/c1-2-8-16-10-12-9-15-13(17-12)4-3-7-14-11-5-6-11/h9,11,14H,2-8,10H2,1H3. The number of aromatic nitrogens is 1. The molecular weight excluding hydrogens is 216 g/mol. The highest BCUT2D eigenvalue weighted by molar-refractivity contribution is 4.93. The molecule has 1 aromatic rings. The van der Waals surface area contributed by atoms with Crippen molar-refractivity contribution in [2.45, 2.75) is 51.7 Å². The van der Waals surface area contributed by atoms with Gasteiger partial charge in [-0.25, -0.2) is 4.98 Å². The summed E-state index contributed by atoms with van der Waals surface area (Å²) >= 11 is 0. The molecule has 0 bridgehead atoms. The van der Waals surface area contributed by atoms with Gasteiger partial charge in [-0.1, -0.05) is 6.92 Å². The monoisotopic (exact) mass is 238 g/mol. The van der Waals surface area contributed by atoms with Crippen molar-refractivity contribution in [2.24, 2.45) is 0 Å². The molecule has 1 N–H and O–H groups in total. The fourth-order valence-corrected chi connectivity index (χ4v) is 1.68. The summed E-state index contributed by atoms with van der Waals surface area (Å²) in [5.74, 6) is 1.67. The lowest BCUT2D eigenvalue weighted by Crippen LogP contribution is -2.17. The molecule has 1 heterocycles. The van der Waals surface area contributed by atoms with Crippen LogP contribution in [0.5, 0.6) is 0 Å². The Kier molecular flexibility index (Phi) is 5.01. The van der Waals surface area contributed by atoms with Gasteiger partial charge < -0.3 is 14.5 Å². The van der Waals surface area contributed by atoms with Crippen LogP contribution in [-0.2, 0) is 17.8 Å². The van der Waals surface area contributed by atoms with Gasteiger partial charge in [-0.15, -0.1) is 0 Å². The summed E-state index contributed by atoms with van der Waals surface area (Å²) in [6.07, 6.45) is 7.50. The fraction of sp³-hybridized carbons (Fsp3) is 0.769. The summed E-state index contributed by atoms with van der Waals surface area (Å²) < 4.78 is 11.0. The van der Waals surface area contributed by atoms with Gasteiger partial charge in [0, 0.05) is 19.1 Å². The average molecular weight is 238 g/mol. The van der Waals surface area contributed by atoms with Crippen molar-refractivity contribution in [3.63, 3.8) is 0 Å². The minimum Gasteiger partial charge on any atom is -0.443 e. The first-order chi connectivity index (χ1) is 8.38. The molecule has 0 saturated heterocycles. The van der Waals surface area contributed by atoms with Crippen molar-refractivity contribution >= 4 is 0 Å². The minimum atomic E-state index is 0.543. The molecule has 4 nitrogen and oxygen atoms in total.